The SMILES string of the molecule is CCc1nn(C)cc1C(=O)Nc1[nH]ncc1C. The molecule has 0 saturated heterocycles. The van der Waals surface area contributed by atoms with E-state index in [1.54, 1.807) is 24.1 Å². The summed E-state index contributed by atoms with van der Waals surface area (Å²) in [6.07, 6.45) is 4.12. The Morgan fingerprint density at radius 2 is 2.35 bits per heavy atom. The van der Waals surface area contributed by atoms with E-state index in [0.717, 1.165) is 17.7 Å². The number of nitrogens with zero attached hydrogens (tertiary/aromatic N) is 3. The van der Waals surface area contributed by atoms with Crippen LogP contribution in [0.2, 0.25) is 0 Å². The van der Waals surface area contributed by atoms with Crippen molar-refractivity contribution in [3.05, 3.63) is 29.2 Å². The molecule has 2 N–H and O–H groups in total. The van der Waals surface area contributed by atoms with Gasteiger partial charge in [-0.1, -0.05) is 6.92 Å². The summed E-state index contributed by atoms with van der Waals surface area (Å²) < 4.78 is 1.65. The van der Waals surface area contributed by atoms with Gasteiger partial charge in [-0.25, -0.2) is 0 Å². The number of H-pyrrole nitrogens is 1. The largest absolute Gasteiger partial charge is 0.307 e. The second kappa shape index (κ2) is 4.40. The fraction of sp³-hybridized carbons (Fsp3) is 0.364. The van der Waals surface area contributed by atoms with Crippen LogP contribution in [-0.4, -0.2) is 25.9 Å². The van der Waals surface area contributed by atoms with Crippen LogP contribution in [0.15, 0.2) is 12.4 Å². The lowest BCUT2D eigenvalue weighted by Crippen LogP contribution is -2.14. The van der Waals surface area contributed by atoms with Gasteiger partial charge in [0, 0.05) is 18.8 Å². The number of anilines is 1. The van der Waals surface area contributed by atoms with E-state index in [1.165, 1.54) is 0 Å². The first kappa shape index (κ1) is 11.4. The topological polar surface area (TPSA) is 75.6 Å². The molecule has 6 nitrogen and oxygen atoms in total. The Kier molecular flexibility index (Phi) is 2.95. The van der Waals surface area contributed by atoms with E-state index in [4.69, 9.17) is 0 Å². The maximum absolute atomic E-state index is 12.0. The maximum Gasteiger partial charge on any atom is 0.260 e. The van der Waals surface area contributed by atoms with Crippen molar-refractivity contribution in [1.29, 1.82) is 0 Å². The van der Waals surface area contributed by atoms with Crippen molar-refractivity contribution >= 4 is 11.7 Å². The fourth-order valence-electron chi connectivity index (χ4n) is 1.64. The first-order chi connectivity index (χ1) is 8.11. The molecular weight excluding hydrogens is 218 g/mol. The molecule has 6 heteroatoms. The molecule has 0 aliphatic heterocycles. The van der Waals surface area contributed by atoms with Crippen LogP contribution >= 0.6 is 0 Å². The average Bonchev–Trinajstić information content (AvgIpc) is 2.85. The molecule has 0 aliphatic rings. The van der Waals surface area contributed by atoms with E-state index in [2.05, 4.69) is 20.6 Å². The third-order valence-electron chi connectivity index (χ3n) is 2.55. The molecule has 2 rings (SSSR count). The van der Waals surface area contributed by atoms with Crippen molar-refractivity contribution in [3.63, 3.8) is 0 Å². The number of carbonyl (C=O) groups is 1. The minimum Gasteiger partial charge on any atom is -0.307 e. The van der Waals surface area contributed by atoms with E-state index in [0.29, 0.717) is 11.4 Å². The quantitative estimate of drug-likeness (QED) is 0.838. The van der Waals surface area contributed by atoms with Gasteiger partial charge in [0.1, 0.15) is 5.82 Å². The molecular formula is C11H15N5O. The van der Waals surface area contributed by atoms with Gasteiger partial charge in [-0.2, -0.15) is 10.2 Å². The molecule has 1 amide bonds. The molecule has 0 radical (unpaired) electrons. The molecule has 2 heterocycles. The lowest BCUT2D eigenvalue weighted by Gasteiger charge is -2.02. The van der Waals surface area contributed by atoms with Crippen LogP contribution in [0.5, 0.6) is 0 Å². The number of aromatic nitrogens is 4. The number of aryl methyl sites for hydroxylation is 3. The van der Waals surface area contributed by atoms with Crippen LogP contribution in [0.3, 0.4) is 0 Å². The predicted molar refractivity (Wildman–Crippen MR) is 63.9 cm³/mol. The van der Waals surface area contributed by atoms with Gasteiger partial charge in [0.25, 0.3) is 5.91 Å². The molecule has 0 unspecified atom stereocenters. The smallest absolute Gasteiger partial charge is 0.260 e. The number of hydrogen-bond acceptors (Lipinski definition) is 3. The molecule has 17 heavy (non-hydrogen) atoms. The van der Waals surface area contributed by atoms with E-state index >= 15 is 0 Å². The Balaban J connectivity index is 2.23. The number of aromatic amines is 1. The highest BCUT2D eigenvalue weighted by Gasteiger charge is 2.15. The molecule has 0 aromatic carbocycles. The molecule has 0 aliphatic carbocycles. The molecule has 0 bridgehead atoms. The van der Waals surface area contributed by atoms with Gasteiger partial charge in [-0.15, -0.1) is 0 Å². The Hall–Kier alpha value is -2.11. The molecule has 0 fully saturated rings. The Bertz CT molecular complexity index is 540. The standard InChI is InChI=1S/C11H15N5O/c1-4-9-8(6-16(3)15-9)11(17)13-10-7(2)5-12-14-10/h5-6H,4H2,1-3H3,(H2,12,13,14,17). The molecule has 0 atom stereocenters. The summed E-state index contributed by atoms with van der Waals surface area (Å²) in [5.41, 5.74) is 2.30. The van der Waals surface area contributed by atoms with Crippen LogP contribution in [-0.2, 0) is 13.5 Å². The predicted octanol–water partition coefficient (Wildman–Crippen LogP) is 1.27. The van der Waals surface area contributed by atoms with Gasteiger partial charge in [-0.3, -0.25) is 14.6 Å². The third kappa shape index (κ3) is 2.20. The summed E-state index contributed by atoms with van der Waals surface area (Å²) in [6.45, 7) is 3.85. The van der Waals surface area contributed by atoms with Crippen molar-refractivity contribution in [3.8, 4) is 0 Å². The van der Waals surface area contributed by atoms with Crippen LogP contribution in [0.4, 0.5) is 5.82 Å². The lowest BCUT2D eigenvalue weighted by molar-refractivity contribution is 0.102. The first-order valence-corrected chi connectivity index (χ1v) is 5.45. The number of hydrogen-bond donors (Lipinski definition) is 2. The van der Waals surface area contributed by atoms with Crippen LogP contribution < -0.4 is 5.32 Å². The number of amides is 1. The summed E-state index contributed by atoms with van der Waals surface area (Å²) >= 11 is 0. The zero-order chi connectivity index (χ0) is 12.4. The number of carbonyl (C=O) groups excluding carboxylic acids is 1. The van der Waals surface area contributed by atoms with Crippen LogP contribution in [0.1, 0.15) is 28.5 Å². The monoisotopic (exact) mass is 233 g/mol. The second-order valence-electron chi connectivity index (χ2n) is 3.90. The molecule has 2 aromatic rings. The summed E-state index contributed by atoms with van der Waals surface area (Å²) in [6, 6.07) is 0. The van der Waals surface area contributed by atoms with Crippen molar-refractivity contribution in [2.75, 3.05) is 5.32 Å². The molecule has 0 saturated carbocycles. The van der Waals surface area contributed by atoms with E-state index in [9.17, 15) is 4.79 Å². The minimum absolute atomic E-state index is 0.165. The highest BCUT2D eigenvalue weighted by molar-refractivity contribution is 6.04. The minimum atomic E-state index is -0.165. The maximum atomic E-state index is 12.0. The molecule has 2 aromatic heterocycles. The van der Waals surface area contributed by atoms with E-state index in [1.807, 2.05) is 13.8 Å². The number of rotatable bonds is 3. The van der Waals surface area contributed by atoms with Crippen molar-refractivity contribution < 1.29 is 4.79 Å². The van der Waals surface area contributed by atoms with Crippen LogP contribution in [0.25, 0.3) is 0 Å². The summed E-state index contributed by atoms with van der Waals surface area (Å²) in [7, 11) is 1.80. The first-order valence-electron chi connectivity index (χ1n) is 5.45. The van der Waals surface area contributed by atoms with E-state index < -0.39 is 0 Å². The summed E-state index contributed by atoms with van der Waals surface area (Å²) in [4.78, 5) is 12.0. The lowest BCUT2D eigenvalue weighted by atomic mass is 10.2. The second-order valence-corrected chi connectivity index (χ2v) is 3.90. The zero-order valence-electron chi connectivity index (χ0n) is 10.1. The highest BCUT2D eigenvalue weighted by Crippen LogP contribution is 2.13. The zero-order valence-corrected chi connectivity index (χ0v) is 10.1. The van der Waals surface area contributed by atoms with Crippen molar-refractivity contribution in [2.24, 2.45) is 7.05 Å². The summed E-state index contributed by atoms with van der Waals surface area (Å²) in [5, 5.41) is 13.6. The number of nitrogens with one attached hydrogen (secondary N) is 2. The van der Waals surface area contributed by atoms with Crippen LogP contribution in [0, 0.1) is 6.92 Å². The highest BCUT2D eigenvalue weighted by atomic mass is 16.1. The van der Waals surface area contributed by atoms with Gasteiger partial charge in [-0.05, 0) is 13.3 Å². The van der Waals surface area contributed by atoms with Gasteiger partial charge < -0.3 is 5.32 Å². The normalized spacial score (nSPS) is 10.5. The third-order valence-corrected chi connectivity index (χ3v) is 2.55. The average molecular weight is 233 g/mol. The Morgan fingerprint density at radius 3 is 2.94 bits per heavy atom. The Labute approximate surface area is 99.0 Å². The fourth-order valence-corrected chi connectivity index (χ4v) is 1.64. The van der Waals surface area contributed by atoms with Gasteiger partial charge >= 0.3 is 0 Å². The van der Waals surface area contributed by atoms with Crippen molar-refractivity contribution in [1.82, 2.24) is 20.0 Å². The van der Waals surface area contributed by atoms with Gasteiger partial charge in [0.15, 0.2) is 0 Å². The van der Waals surface area contributed by atoms with Gasteiger partial charge in [0.2, 0.25) is 0 Å². The van der Waals surface area contributed by atoms with Crippen molar-refractivity contribution in [2.45, 2.75) is 20.3 Å². The molecule has 0 spiro atoms. The van der Waals surface area contributed by atoms with Gasteiger partial charge in [0.05, 0.1) is 17.5 Å². The molecule has 90 valence electrons. The van der Waals surface area contributed by atoms with E-state index in [-0.39, 0.29) is 5.91 Å². The summed E-state index contributed by atoms with van der Waals surface area (Å²) in [5.74, 6) is 0.461. The Morgan fingerprint density at radius 1 is 1.59 bits per heavy atom.